The van der Waals surface area contributed by atoms with Crippen molar-refractivity contribution in [3.8, 4) is 0 Å². The van der Waals surface area contributed by atoms with Crippen molar-refractivity contribution in [2.45, 2.75) is 32.1 Å². The highest BCUT2D eigenvalue weighted by Crippen LogP contribution is 2.28. The Kier molecular flexibility index (Phi) is 6.94. The maximum absolute atomic E-state index is 12.0. The van der Waals surface area contributed by atoms with Crippen molar-refractivity contribution in [3.63, 3.8) is 0 Å². The predicted octanol–water partition coefficient (Wildman–Crippen LogP) is 3.74. The molecule has 0 saturated heterocycles. The second-order valence-corrected chi connectivity index (χ2v) is 6.48. The van der Waals surface area contributed by atoms with Gasteiger partial charge in [-0.3, -0.25) is 4.79 Å². The quantitative estimate of drug-likeness (QED) is 0.454. The SMILES string of the molecule is Nc1c(Cl)cc(Cl)cc1C(=O)OCC(=O)NCCC1=CCCCC1. The number of esters is 1. The van der Waals surface area contributed by atoms with Crippen molar-refractivity contribution < 1.29 is 14.3 Å². The molecule has 2 rings (SSSR count). The van der Waals surface area contributed by atoms with Crippen molar-refractivity contribution in [3.05, 3.63) is 39.4 Å². The number of halogens is 2. The number of carbonyl (C=O) groups excluding carboxylic acids is 2. The molecule has 1 aliphatic carbocycles. The van der Waals surface area contributed by atoms with Gasteiger partial charge in [-0.05, 0) is 44.2 Å². The molecule has 1 aromatic carbocycles. The van der Waals surface area contributed by atoms with Gasteiger partial charge in [0, 0.05) is 11.6 Å². The standard InChI is InChI=1S/C17H20Cl2N2O3/c18-12-8-13(16(20)14(19)9-12)17(23)24-10-15(22)21-7-6-11-4-2-1-3-5-11/h4,8-9H,1-3,5-7,10,20H2,(H,21,22). The number of nitrogens with two attached hydrogens (primary N) is 1. The Hall–Kier alpha value is -1.72. The third-order valence-electron chi connectivity index (χ3n) is 3.80. The van der Waals surface area contributed by atoms with Gasteiger partial charge in [-0.1, -0.05) is 34.9 Å². The Morgan fingerprint density at radius 3 is 2.75 bits per heavy atom. The molecule has 0 atom stereocenters. The van der Waals surface area contributed by atoms with Crippen LogP contribution in [-0.4, -0.2) is 25.0 Å². The molecule has 0 spiro atoms. The van der Waals surface area contributed by atoms with Crippen LogP contribution in [0.4, 0.5) is 5.69 Å². The van der Waals surface area contributed by atoms with Crippen LogP contribution >= 0.6 is 23.2 Å². The molecule has 1 aliphatic rings. The monoisotopic (exact) mass is 370 g/mol. The zero-order chi connectivity index (χ0) is 17.5. The minimum absolute atomic E-state index is 0.0488. The topological polar surface area (TPSA) is 81.4 Å². The summed E-state index contributed by atoms with van der Waals surface area (Å²) in [6, 6.07) is 2.79. The fraction of sp³-hybridized carbons (Fsp3) is 0.412. The number of hydrogen-bond acceptors (Lipinski definition) is 4. The van der Waals surface area contributed by atoms with Crippen LogP contribution in [0.3, 0.4) is 0 Å². The second-order valence-electron chi connectivity index (χ2n) is 5.63. The van der Waals surface area contributed by atoms with Crippen LogP contribution in [0.2, 0.25) is 10.0 Å². The third-order valence-corrected chi connectivity index (χ3v) is 4.33. The van der Waals surface area contributed by atoms with Crippen LogP contribution in [0.1, 0.15) is 42.5 Å². The van der Waals surface area contributed by atoms with E-state index in [1.807, 2.05) is 0 Å². The second kappa shape index (κ2) is 8.94. The normalized spacial score (nSPS) is 14.0. The first-order valence-corrected chi connectivity index (χ1v) is 8.59. The van der Waals surface area contributed by atoms with E-state index in [4.69, 9.17) is 33.7 Å². The van der Waals surface area contributed by atoms with Crippen molar-refractivity contribution in [2.24, 2.45) is 0 Å². The molecule has 0 saturated carbocycles. The Bertz CT molecular complexity index is 659. The van der Waals surface area contributed by atoms with Gasteiger partial charge in [-0.15, -0.1) is 0 Å². The van der Waals surface area contributed by atoms with Crippen LogP contribution < -0.4 is 11.1 Å². The van der Waals surface area contributed by atoms with E-state index >= 15 is 0 Å². The molecule has 0 radical (unpaired) electrons. The number of nitrogens with one attached hydrogen (secondary N) is 1. The van der Waals surface area contributed by atoms with Crippen LogP contribution in [-0.2, 0) is 9.53 Å². The van der Waals surface area contributed by atoms with Gasteiger partial charge >= 0.3 is 5.97 Å². The number of amides is 1. The lowest BCUT2D eigenvalue weighted by molar-refractivity contribution is -0.124. The van der Waals surface area contributed by atoms with E-state index in [9.17, 15) is 9.59 Å². The van der Waals surface area contributed by atoms with Crippen LogP contribution in [0.5, 0.6) is 0 Å². The van der Waals surface area contributed by atoms with Crippen molar-refractivity contribution >= 4 is 40.8 Å². The van der Waals surface area contributed by atoms with Crippen molar-refractivity contribution in [2.75, 3.05) is 18.9 Å². The number of allylic oxidation sites excluding steroid dienone is 1. The molecule has 0 aliphatic heterocycles. The molecule has 130 valence electrons. The lowest BCUT2D eigenvalue weighted by atomic mass is 9.97. The predicted molar refractivity (Wildman–Crippen MR) is 95.3 cm³/mol. The number of carbonyl (C=O) groups is 2. The van der Waals surface area contributed by atoms with Gasteiger partial charge in [0.2, 0.25) is 0 Å². The molecule has 7 heteroatoms. The summed E-state index contributed by atoms with van der Waals surface area (Å²) in [5.74, 6) is -1.09. The van der Waals surface area contributed by atoms with E-state index in [-0.39, 0.29) is 33.8 Å². The first-order chi connectivity index (χ1) is 11.5. The van der Waals surface area contributed by atoms with Crippen molar-refractivity contribution in [1.29, 1.82) is 0 Å². The maximum atomic E-state index is 12.0. The summed E-state index contributed by atoms with van der Waals surface area (Å²) in [7, 11) is 0. The van der Waals surface area contributed by atoms with E-state index in [0.29, 0.717) is 6.54 Å². The number of benzene rings is 1. The van der Waals surface area contributed by atoms with Gasteiger partial charge in [0.15, 0.2) is 6.61 Å². The Balaban J connectivity index is 1.77. The van der Waals surface area contributed by atoms with Gasteiger partial charge in [0.05, 0.1) is 16.3 Å². The van der Waals surface area contributed by atoms with Crippen LogP contribution in [0, 0.1) is 0 Å². The lowest BCUT2D eigenvalue weighted by Gasteiger charge is -2.13. The fourth-order valence-corrected chi connectivity index (χ4v) is 3.00. The van der Waals surface area contributed by atoms with Gasteiger partial charge in [-0.25, -0.2) is 4.79 Å². The minimum Gasteiger partial charge on any atom is -0.452 e. The Morgan fingerprint density at radius 1 is 1.25 bits per heavy atom. The molecule has 0 bridgehead atoms. The molecule has 1 amide bonds. The highest BCUT2D eigenvalue weighted by molar-refractivity contribution is 6.37. The van der Waals surface area contributed by atoms with Gasteiger partial charge in [-0.2, -0.15) is 0 Å². The highest BCUT2D eigenvalue weighted by atomic mass is 35.5. The van der Waals surface area contributed by atoms with Gasteiger partial charge in [0.25, 0.3) is 5.91 Å². The Morgan fingerprint density at radius 2 is 2.04 bits per heavy atom. The summed E-state index contributed by atoms with van der Waals surface area (Å²) in [4.78, 5) is 23.7. The van der Waals surface area contributed by atoms with E-state index < -0.39 is 5.97 Å². The summed E-state index contributed by atoms with van der Waals surface area (Å²) in [5.41, 5.74) is 7.23. The number of nitrogen functional groups attached to an aromatic ring is 1. The third kappa shape index (κ3) is 5.42. The molecule has 3 N–H and O–H groups in total. The van der Waals surface area contributed by atoms with E-state index in [2.05, 4.69) is 11.4 Å². The molecular formula is C17H20Cl2N2O3. The van der Waals surface area contributed by atoms with Crippen LogP contribution in [0.15, 0.2) is 23.8 Å². The van der Waals surface area contributed by atoms with E-state index in [1.165, 1.54) is 30.5 Å². The summed E-state index contributed by atoms with van der Waals surface area (Å²) in [6.07, 6.45) is 7.73. The maximum Gasteiger partial charge on any atom is 0.340 e. The largest absolute Gasteiger partial charge is 0.452 e. The first-order valence-electron chi connectivity index (χ1n) is 7.83. The number of rotatable bonds is 6. The molecule has 24 heavy (non-hydrogen) atoms. The molecular weight excluding hydrogens is 351 g/mol. The molecule has 0 unspecified atom stereocenters. The summed E-state index contributed by atoms with van der Waals surface area (Å²) in [6.45, 7) is 0.162. The van der Waals surface area contributed by atoms with E-state index in [0.717, 1.165) is 19.3 Å². The molecule has 5 nitrogen and oxygen atoms in total. The zero-order valence-electron chi connectivity index (χ0n) is 13.2. The molecule has 0 aromatic heterocycles. The lowest BCUT2D eigenvalue weighted by Crippen LogP contribution is -2.30. The molecule has 1 aromatic rings. The smallest absolute Gasteiger partial charge is 0.340 e. The fourth-order valence-electron chi connectivity index (χ4n) is 2.51. The van der Waals surface area contributed by atoms with Gasteiger partial charge < -0.3 is 15.8 Å². The summed E-state index contributed by atoms with van der Waals surface area (Å²) < 4.78 is 4.96. The van der Waals surface area contributed by atoms with E-state index in [1.54, 1.807) is 0 Å². The van der Waals surface area contributed by atoms with Gasteiger partial charge in [0.1, 0.15) is 0 Å². The average Bonchev–Trinajstić information content (AvgIpc) is 2.57. The highest BCUT2D eigenvalue weighted by Gasteiger charge is 2.16. The first kappa shape index (κ1) is 18.6. The number of anilines is 1. The summed E-state index contributed by atoms with van der Waals surface area (Å²) in [5, 5.41) is 3.17. The Labute approximate surface area is 151 Å². The number of hydrogen-bond donors (Lipinski definition) is 2. The van der Waals surface area contributed by atoms with Crippen LogP contribution in [0.25, 0.3) is 0 Å². The zero-order valence-corrected chi connectivity index (χ0v) is 14.8. The number of ether oxygens (including phenoxy) is 1. The molecule has 0 fully saturated rings. The summed E-state index contributed by atoms with van der Waals surface area (Å²) >= 11 is 11.7. The average molecular weight is 371 g/mol. The minimum atomic E-state index is -0.734. The van der Waals surface area contributed by atoms with Crippen molar-refractivity contribution in [1.82, 2.24) is 5.32 Å². The molecule has 0 heterocycles.